The van der Waals surface area contributed by atoms with Crippen LogP contribution in [0.4, 0.5) is 5.69 Å². The van der Waals surface area contributed by atoms with Crippen molar-refractivity contribution in [2.45, 2.75) is 77.2 Å². The van der Waals surface area contributed by atoms with Crippen LogP contribution >= 0.6 is 11.8 Å². The van der Waals surface area contributed by atoms with E-state index in [9.17, 15) is 19.7 Å². The van der Waals surface area contributed by atoms with E-state index in [4.69, 9.17) is 0 Å². The largest absolute Gasteiger partial charge is 0.352 e. The van der Waals surface area contributed by atoms with Gasteiger partial charge in [0, 0.05) is 30.3 Å². The molecule has 1 aliphatic rings. The number of nitro groups is 1. The minimum Gasteiger partial charge on any atom is -0.352 e. The lowest BCUT2D eigenvalue weighted by Gasteiger charge is -2.29. The van der Waals surface area contributed by atoms with Crippen LogP contribution in [0.5, 0.6) is 0 Å². The summed E-state index contributed by atoms with van der Waals surface area (Å²) in [5.41, 5.74) is 0.0608. The lowest BCUT2D eigenvalue weighted by Crippen LogP contribution is -2.41. The van der Waals surface area contributed by atoms with E-state index in [-0.39, 0.29) is 34.9 Å². The van der Waals surface area contributed by atoms with Crippen LogP contribution in [0.3, 0.4) is 0 Å². The number of carbonyl (C=O) groups is 2. The number of hydrogen-bond donors (Lipinski definition) is 2. The number of carbonyl (C=O) groups excluding carboxylic acids is 2. The Kier molecular flexibility index (Phi) is 9.25. The van der Waals surface area contributed by atoms with Gasteiger partial charge in [-0.25, -0.2) is 0 Å². The van der Waals surface area contributed by atoms with Crippen LogP contribution in [0.15, 0.2) is 29.4 Å². The van der Waals surface area contributed by atoms with Crippen molar-refractivity contribution in [3.8, 4) is 0 Å². The minimum absolute atomic E-state index is 0.0129. The molecule has 2 N–H and O–H groups in total. The van der Waals surface area contributed by atoms with Crippen molar-refractivity contribution in [3.05, 3.63) is 45.8 Å². The maximum absolute atomic E-state index is 12.9. The molecule has 0 radical (unpaired) electrons. The zero-order chi connectivity index (χ0) is 25.5. The Morgan fingerprint density at radius 3 is 2.66 bits per heavy atom. The summed E-state index contributed by atoms with van der Waals surface area (Å²) in [4.78, 5) is 36.0. The zero-order valence-electron chi connectivity index (χ0n) is 20.7. The summed E-state index contributed by atoms with van der Waals surface area (Å²) >= 11 is 1.33. The van der Waals surface area contributed by atoms with E-state index < -0.39 is 16.9 Å². The van der Waals surface area contributed by atoms with E-state index in [2.05, 4.69) is 27.8 Å². The predicted octanol–water partition coefficient (Wildman–Crippen LogP) is 4.12. The molecule has 0 bridgehead atoms. The van der Waals surface area contributed by atoms with Crippen molar-refractivity contribution in [1.29, 1.82) is 0 Å². The van der Waals surface area contributed by atoms with Crippen LogP contribution in [0.25, 0.3) is 0 Å². The van der Waals surface area contributed by atoms with Crippen LogP contribution in [-0.2, 0) is 11.3 Å². The first-order valence-electron chi connectivity index (χ1n) is 12.1. The first kappa shape index (κ1) is 26.7. The number of thioether (sulfide) groups is 1. The third kappa shape index (κ3) is 6.81. The molecule has 10 nitrogen and oxygen atoms in total. The van der Waals surface area contributed by atoms with Crippen molar-refractivity contribution < 1.29 is 14.5 Å². The lowest BCUT2D eigenvalue weighted by atomic mass is 9.86. The number of nitro benzene ring substituents is 1. The quantitative estimate of drug-likeness (QED) is 0.284. The highest BCUT2D eigenvalue weighted by atomic mass is 32.2. The molecule has 1 fully saturated rings. The molecular formula is C24H34N6O4S. The third-order valence-electron chi connectivity index (χ3n) is 6.40. The van der Waals surface area contributed by atoms with Gasteiger partial charge in [-0.05, 0) is 37.7 Å². The molecule has 0 aliphatic heterocycles. The van der Waals surface area contributed by atoms with Crippen LogP contribution in [0, 0.1) is 22.0 Å². The van der Waals surface area contributed by atoms with Gasteiger partial charge in [0.2, 0.25) is 5.91 Å². The van der Waals surface area contributed by atoms with E-state index in [1.807, 2.05) is 25.3 Å². The fourth-order valence-electron chi connectivity index (χ4n) is 4.36. The summed E-state index contributed by atoms with van der Waals surface area (Å²) in [7, 11) is 0. The number of rotatable bonds is 10. The molecule has 35 heavy (non-hydrogen) atoms. The van der Waals surface area contributed by atoms with Gasteiger partial charge >= 0.3 is 0 Å². The maximum atomic E-state index is 12.9. The van der Waals surface area contributed by atoms with Crippen LogP contribution in [-0.4, -0.2) is 43.3 Å². The summed E-state index contributed by atoms with van der Waals surface area (Å²) in [6.07, 6.45) is 4.53. The summed E-state index contributed by atoms with van der Waals surface area (Å²) in [5, 5.41) is 26.4. The lowest BCUT2D eigenvalue weighted by molar-refractivity contribution is -0.384. The molecule has 2 amide bonds. The van der Waals surface area contributed by atoms with Crippen molar-refractivity contribution >= 4 is 29.3 Å². The van der Waals surface area contributed by atoms with Crippen molar-refractivity contribution in [2.75, 3.05) is 5.75 Å². The highest BCUT2D eigenvalue weighted by Gasteiger charge is 2.27. The first-order valence-corrected chi connectivity index (χ1v) is 13.1. The van der Waals surface area contributed by atoms with Gasteiger partial charge in [-0.15, -0.1) is 10.2 Å². The van der Waals surface area contributed by atoms with E-state index in [1.54, 1.807) is 0 Å². The standard InChI is InChI=1S/C24H34N6O4S/c1-5-29-22(21(15(2)3)26-23(32)17-10-8-11-18(13-17)30(33)34)27-28-24(29)35-14-20(31)25-19-12-7-6-9-16(19)4/h8,10-11,13,15-16,19,21H,5-7,9,12,14H2,1-4H3,(H,25,31)(H,26,32)/t16-,19-,21-/m1/s1. The minimum atomic E-state index is -0.529. The molecule has 1 heterocycles. The number of hydrogen-bond acceptors (Lipinski definition) is 7. The Morgan fingerprint density at radius 2 is 2.00 bits per heavy atom. The third-order valence-corrected chi connectivity index (χ3v) is 7.37. The molecule has 0 saturated heterocycles. The second-order valence-corrected chi connectivity index (χ2v) is 10.3. The Balaban J connectivity index is 1.70. The van der Waals surface area contributed by atoms with Crippen molar-refractivity contribution in [1.82, 2.24) is 25.4 Å². The summed E-state index contributed by atoms with van der Waals surface area (Å²) in [6.45, 7) is 8.63. The highest BCUT2D eigenvalue weighted by molar-refractivity contribution is 7.99. The average Bonchev–Trinajstić information content (AvgIpc) is 3.24. The van der Waals surface area contributed by atoms with Crippen LogP contribution in [0.2, 0.25) is 0 Å². The summed E-state index contributed by atoms with van der Waals surface area (Å²) in [6, 6.07) is 5.40. The van der Waals surface area contributed by atoms with E-state index in [1.165, 1.54) is 42.4 Å². The first-order chi connectivity index (χ1) is 16.7. The van der Waals surface area contributed by atoms with Crippen LogP contribution in [0.1, 0.15) is 75.6 Å². The number of nitrogens with one attached hydrogen (secondary N) is 2. The van der Waals surface area contributed by atoms with Crippen molar-refractivity contribution in [3.63, 3.8) is 0 Å². The molecule has 0 unspecified atom stereocenters. The van der Waals surface area contributed by atoms with Gasteiger partial charge < -0.3 is 15.2 Å². The SMILES string of the molecule is CCn1c(SCC(=O)N[C@@H]2CCCC[C@H]2C)nnc1[C@H](NC(=O)c1cccc([N+](=O)[O-])c1)C(C)C. The van der Waals surface area contributed by atoms with Gasteiger partial charge in [0.15, 0.2) is 11.0 Å². The van der Waals surface area contributed by atoms with Gasteiger partial charge in [-0.2, -0.15) is 0 Å². The van der Waals surface area contributed by atoms with Gasteiger partial charge in [-0.3, -0.25) is 19.7 Å². The molecule has 2 aromatic rings. The Morgan fingerprint density at radius 1 is 1.26 bits per heavy atom. The zero-order valence-corrected chi connectivity index (χ0v) is 21.5. The van der Waals surface area contributed by atoms with E-state index >= 15 is 0 Å². The summed E-state index contributed by atoms with van der Waals surface area (Å²) < 4.78 is 1.90. The number of nitrogens with zero attached hydrogens (tertiary/aromatic N) is 4. The average molecular weight is 503 g/mol. The molecule has 1 aromatic carbocycles. The Hall–Kier alpha value is -2.95. The molecule has 1 aromatic heterocycles. The fraction of sp³-hybridized carbons (Fsp3) is 0.583. The van der Waals surface area contributed by atoms with E-state index in [0.717, 1.165) is 19.3 Å². The number of benzene rings is 1. The second-order valence-electron chi connectivity index (χ2n) is 9.31. The molecular weight excluding hydrogens is 468 g/mol. The molecule has 1 aliphatic carbocycles. The molecule has 3 atom stereocenters. The fourth-order valence-corrected chi connectivity index (χ4v) is 5.18. The normalized spacial score (nSPS) is 18.8. The molecule has 190 valence electrons. The predicted molar refractivity (Wildman–Crippen MR) is 134 cm³/mol. The second kappa shape index (κ2) is 12.1. The summed E-state index contributed by atoms with van der Waals surface area (Å²) in [5.74, 6) is 0.873. The monoisotopic (exact) mass is 502 g/mol. The molecule has 3 rings (SSSR count). The number of amides is 2. The Bertz CT molecular complexity index is 1060. The number of aromatic nitrogens is 3. The van der Waals surface area contributed by atoms with Gasteiger partial charge in [-0.1, -0.05) is 51.4 Å². The number of non-ortho nitro benzene ring substituents is 1. The molecule has 11 heteroatoms. The van der Waals surface area contributed by atoms with Gasteiger partial charge in [0.1, 0.15) is 0 Å². The van der Waals surface area contributed by atoms with Gasteiger partial charge in [0.25, 0.3) is 11.6 Å². The van der Waals surface area contributed by atoms with Crippen LogP contribution < -0.4 is 10.6 Å². The molecule has 0 spiro atoms. The Labute approximate surface area is 209 Å². The smallest absolute Gasteiger partial charge is 0.270 e. The van der Waals surface area contributed by atoms with Crippen molar-refractivity contribution in [2.24, 2.45) is 11.8 Å². The topological polar surface area (TPSA) is 132 Å². The highest BCUT2D eigenvalue weighted by Crippen LogP contribution is 2.27. The maximum Gasteiger partial charge on any atom is 0.270 e. The molecule has 1 saturated carbocycles. The van der Waals surface area contributed by atoms with Gasteiger partial charge in [0.05, 0.1) is 16.7 Å². The van der Waals surface area contributed by atoms with E-state index in [0.29, 0.717) is 23.4 Å².